The van der Waals surface area contributed by atoms with Crippen molar-refractivity contribution < 1.29 is 0 Å². The Balaban J connectivity index is 2.14. The number of hydrogen-bond acceptors (Lipinski definition) is 4. The Morgan fingerprint density at radius 3 is 2.78 bits per heavy atom. The Morgan fingerprint density at radius 1 is 1.44 bits per heavy atom. The van der Waals surface area contributed by atoms with E-state index in [4.69, 9.17) is 0 Å². The number of aryl methyl sites for hydroxylation is 1. The second-order valence-electron chi connectivity index (χ2n) is 4.80. The van der Waals surface area contributed by atoms with Gasteiger partial charge in [0.2, 0.25) is 0 Å². The average molecular weight is 250 g/mol. The van der Waals surface area contributed by atoms with Crippen molar-refractivity contribution >= 4 is 5.82 Å². The molecule has 1 N–H and O–H groups in total. The lowest BCUT2D eigenvalue weighted by molar-refractivity contribution is 0.439. The van der Waals surface area contributed by atoms with Crippen molar-refractivity contribution in [2.24, 2.45) is 0 Å². The fraction of sp³-hybridized carbons (Fsp3) is 0.692. The van der Waals surface area contributed by atoms with Crippen molar-refractivity contribution in [1.29, 1.82) is 0 Å². The van der Waals surface area contributed by atoms with Gasteiger partial charge in [-0.15, -0.1) is 0 Å². The van der Waals surface area contributed by atoms with Crippen LogP contribution in [0.4, 0.5) is 5.82 Å². The molecule has 0 bridgehead atoms. The van der Waals surface area contributed by atoms with Crippen molar-refractivity contribution in [1.82, 2.24) is 14.9 Å². The Morgan fingerprint density at radius 2 is 2.17 bits per heavy atom. The lowest BCUT2D eigenvalue weighted by atomic mass is 10.1. The van der Waals surface area contributed by atoms with E-state index in [1.807, 2.05) is 7.05 Å². The number of aromatic nitrogens is 2. The first-order chi connectivity index (χ1) is 8.76. The zero-order valence-corrected chi connectivity index (χ0v) is 11.2. The smallest absolute Gasteiger partial charge is 0.293 e. The van der Waals surface area contributed by atoms with E-state index in [9.17, 15) is 4.79 Å². The van der Waals surface area contributed by atoms with Gasteiger partial charge in [0.1, 0.15) is 0 Å². The number of anilines is 1. The van der Waals surface area contributed by atoms with E-state index in [0.29, 0.717) is 11.9 Å². The first kappa shape index (κ1) is 13.1. The van der Waals surface area contributed by atoms with Gasteiger partial charge in [0.15, 0.2) is 5.82 Å². The maximum Gasteiger partial charge on any atom is 0.293 e. The van der Waals surface area contributed by atoms with Gasteiger partial charge in [0.05, 0.1) is 0 Å². The van der Waals surface area contributed by atoms with Crippen LogP contribution in [-0.2, 0) is 6.54 Å². The second-order valence-corrected chi connectivity index (χ2v) is 4.80. The van der Waals surface area contributed by atoms with E-state index in [2.05, 4.69) is 22.1 Å². The Kier molecular flexibility index (Phi) is 4.36. The van der Waals surface area contributed by atoms with Crippen molar-refractivity contribution in [3.63, 3.8) is 0 Å². The van der Waals surface area contributed by atoms with Gasteiger partial charge in [-0.25, -0.2) is 4.98 Å². The third kappa shape index (κ3) is 2.72. The Labute approximate surface area is 108 Å². The monoisotopic (exact) mass is 250 g/mol. The van der Waals surface area contributed by atoms with E-state index >= 15 is 0 Å². The van der Waals surface area contributed by atoms with E-state index in [0.717, 1.165) is 38.9 Å². The summed E-state index contributed by atoms with van der Waals surface area (Å²) in [6, 6.07) is 0.572. The maximum absolute atomic E-state index is 12.3. The van der Waals surface area contributed by atoms with Crippen LogP contribution in [0.3, 0.4) is 0 Å². The third-order valence-corrected chi connectivity index (χ3v) is 3.56. The van der Waals surface area contributed by atoms with Crippen LogP contribution in [0.1, 0.15) is 26.2 Å². The van der Waals surface area contributed by atoms with Crippen molar-refractivity contribution in [3.05, 3.63) is 22.7 Å². The minimum absolute atomic E-state index is 0.0438. The molecule has 0 atom stereocenters. The molecular formula is C13H22N4O. The second kappa shape index (κ2) is 6.00. The fourth-order valence-corrected chi connectivity index (χ4v) is 2.45. The fourth-order valence-electron chi connectivity index (χ4n) is 2.45. The van der Waals surface area contributed by atoms with E-state index in [1.54, 1.807) is 17.0 Å². The van der Waals surface area contributed by atoms with Crippen molar-refractivity contribution in [3.8, 4) is 0 Å². The molecule has 0 spiro atoms. The number of nitrogens with one attached hydrogen (secondary N) is 1. The molecule has 2 heterocycles. The molecule has 0 aliphatic carbocycles. The standard InChI is InChI=1S/C13H22N4O/c1-3-7-17-10-6-15-12(13(17)18)16-8-4-11(14-2)5-9-16/h6,10-11,14H,3-5,7-9H2,1-2H3. The summed E-state index contributed by atoms with van der Waals surface area (Å²) in [4.78, 5) is 18.6. The number of piperidine rings is 1. The molecule has 1 aromatic rings. The van der Waals surface area contributed by atoms with Crippen LogP contribution in [0, 0.1) is 0 Å². The van der Waals surface area contributed by atoms with Gasteiger partial charge < -0.3 is 14.8 Å². The highest BCUT2D eigenvalue weighted by molar-refractivity contribution is 5.36. The molecular weight excluding hydrogens is 228 g/mol. The van der Waals surface area contributed by atoms with Crippen LogP contribution in [0.15, 0.2) is 17.2 Å². The van der Waals surface area contributed by atoms with Crippen LogP contribution >= 0.6 is 0 Å². The highest BCUT2D eigenvalue weighted by Gasteiger charge is 2.21. The molecule has 0 aromatic carbocycles. The van der Waals surface area contributed by atoms with E-state index < -0.39 is 0 Å². The minimum atomic E-state index is 0.0438. The average Bonchev–Trinajstić information content (AvgIpc) is 2.42. The predicted molar refractivity (Wildman–Crippen MR) is 73.1 cm³/mol. The summed E-state index contributed by atoms with van der Waals surface area (Å²) in [6.07, 6.45) is 6.61. The largest absolute Gasteiger partial charge is 0.352 e. The quantitative estimate of drug-likeness (QED) is 0.860. The van der Waals surface area contributed by atoms with Crippen LogP contribution < -0.4 is 15.8 Å². The van der Waals surface area contributed by atoms with Crippen molar-refractivity contribution in [2.45, 2.75) is 38.8 Å². The SMILES string of the molecule is CCCn1ccnc(N2CCC(NC)CC2)c1=O. The van der Waals surface area contributed by atoms with Crippen LogP contribution in [-0.4, -0.2) is 35.7 Å². The molecule has 1 saturated heterocycles. The topological polar surface area (TPSA) is 50.2 Å². The predicted octanol–water partition coefficient (Wildman–Crippen LogP) is 0.841. The molecule has 1 aliphatic heterocycles. The molecule has 0 amide bonds. The molecule has 1 fully saturated rings. The molecule has 5 heteroatoms. The molecule has 1 aliphatic rings. The zero-order chi connectivity index (χ0) is 13.0. The lowest BCUT2D eigenvalue weighted by Gasteiger charge is -2.32. The Hall–Kier alpha value is -1.36. The maximum atomic E-state index is 12.3. The molecule has 0 radical (unpaired) electrons. The molecule has 2 rings (SSSR count). The molecule has 18 heavy (non-hydrogen) atoms. The minimum Gasteiger partial charge on any atom is -0.352 e. The summed E-state index contributed by atoms with van der Waals surface area (Å²) in [5, 5.41) is 3.29. The third-order valence-electron chi connectivity index (χ3n) is 3.56. The number of nitrogens with zero attached hydrogens (tertiary/aromatic N) is 3. The van der Waals surface area contributed by atoms with Crippen LogP contribution in [0.25, 0.3) is 0 Å². The first-order valence-corrected chi connectivity index (χ1v) is 6.74. The van der Waals surface area contributed by atoms with Crippen LogP contribution in [0.5, 0.6) is 0 Å². The molecule has 100 valence electrons. The molecule has 0 unspecified atom stereocenters. The number of hydrogen-bond donors (Lipinski definition) is 1. The highest BCUT2D eigenvalue weighted by Crippen LogP contribution is 2.14. The van der Waals surface area contributed by atoms with Gasteiger partial charge in [0, 0.05) is 38.1 Å². The summed E-state index contributed by atoms with van der Waals surface area (Å²) in [5.74, 6) is 0.612. The summed E-state index contributed by atoms with van der Waals surface area (Å²) < 4.78 is 1.76. The van der Waals surface area contributed by atoms with Gasteiger partial charge in [-0.05, 0) is 26.3 Å². The van der Waals surface area contributed by atoms with Gasteiger partial charge in [0.25, 0.3) is 5.56 Å². The zero-order valence-electron chi connectivity index (χ0n) is 11.2. The summed E-state index contributed by atoms with van der Waals surface area (Å²) in [6.45, 7) is 4.65. The van der Waals surface area contributed by atoms with Crippen LogP contribution in [0.2, 0.25) is 0 Å². The normalized spacial score (nSPS) is 17.1. The summed E-state index contributed by atoms with van der Waals surface area (Å²) in [5.41, 5.74) is 0.0438. The molecule has 0 saturated carbocycles. The van der Waals surface area contributed by atoms with E-state index in [1.165, 1.54) is 0 Å². The van der Waals surface area contributed by atoms with Gasteiger partial charge >= 0.3 is 0 Å². The van der Waals surface area contributed by atoms with E-state index in [-0.39, 0.29) is 5.56 Å². The first-order valence-electron chi connectivity index (χ1n) is 6.74. The Bertz CT molecular complexity index is 435. The summed E-state index contributed by atoms with van der Waals surface area (Å²) in [7, 11) is 2.00. The van der Waals surface area contributed by atoms with Gasteiger partial charge in [-0.1, -0.05) is 6.92 Å². The lowest BCUT2D eigenvalue weighted by Crippen LogP contribution is -2.44. The van der Waals surface area contributed by atoms with Gasteiger partial charge in [-0.3, -0.25) is 4.79 Å². The summed E-state index contributed by atoms with van der Waals surface area (Å²) >= 11 is 0. The van der Waals surface area contributed by atoms with Crippen molar-refractivity contribution in [2.75, 3.05) is 25.0 Å². The van der Waals surface area contributed by atoms with Gasteiger partial charge in [-0.2, -0.15) is 0 Å². The highest BCUT2D eigenvalue weighted by atomic mass is 16.1. The number of rotatable bonds is 4. The molecule has 5 nitrogen and oxygen atoms in total. The molecule has 1 aromatic heterocycles.